The Morgan fingerprint density at radius 2 is 2.25 bits per heavy atom. The van der Waals surface area contributed by atoms with Gasteiger partial charge in [0.15, 0.2) is 0 Å². The molecule has 84 valence electrons. The number of methoxy groups -OCH3 is 1. The third-order valence-corrected chi connectivity index (χ3v) is 2.02. The van der Waals surface area contributed by atoms with Gasteiger partial charge in [0.2, 0.25) is 0 Å². The molecule has 0 radical (unpaired) electrons. The van der Waals surface area contributed by atoms with Crippen molar-refractivity contribution in [3.8, 4) is 0 Å². The Bertz CT molecular complexity index is 456. The Morgan fingerprint density at radius 3 is 2.81 bits per heavy atom. The van der Waals surface area contributed by atoms with Gasteiger partial charge in [-0.25, -0.2) is 4.79 Å². The van der Waals surface area contributed by atoms with Crippen LogP contribution in [0.1, 0.15) is 5.56 Å². The average Bonchev–Trinajstić information content (AvgIpc) is 2.28. The first kappa shape index (κ1) is 12.2. The number of non-ortho nitro benzene ring substituents is 1. The molecular weight excluding hydrogens is 234 g/mol. The molecule has 1 aromatic carbocycles. The van der Waals surface area contributed by atoms with E-state index in [0.29, 0.717) is 5.56 Å². The second-order valence-corrected chi connectivity index (χ2v) is 3.24. The summed E-state index contributed by atoms with van der Waals surface area (Å²) in [7, 11) is 1.20. The van der Waals surface area contributed by atoms with E-state index < -0.39 is 10.9 Å². The molecule has 0 bridgehead atoms. The number of nitrogens with zero attached hydrogens (tertiary/aromatic N) is 1. The van der Waals surface area contributed by atoms with E-state index in [-0.39, 0.29) is 10.7 Å². The van der Waals surface area contributed by atoms with Crippen LogP contribution in [0, 0.1) is 10.1 Å². The number of carbonyl (C=O) groups excluding carboxylic acids is 1. The van der Waals surface area contributed by atoms with Gasteiger partial charge in [0.05, 0.1) is 12.0 Å². The molecule has 0 saturated carbocycles. The predicted octanol–water partition coefficient (Wildman–Crippen LogP) is 2.35. The summed E-state index contributed by atoms with van der Waals surface area (Å²) in [5.41, 5.74) is 0.396. The largest absolute Gasteiger partial charge is 0.465 e. The summed E-state index contributed by atoms with van der Waals surface area (Å²) < 4.78 is 4.39. The molecule has 5 nitrogen and oxygen atoms in total. The van der Waals surface area contributed by atoms with Crippen molar-refractivity contribution in [2.45, 2.75) is 0 Å². The molecule has 0 aliphatic rings. The van der Waals surface area contributed by atoms with Crippen LogP contribution in [0.3, 0.4) is 0 Å². The Labute approximate surface area is 96.4 Å². The zero-order valence-corrected chi connectivity index (χ0v) is 9.10. The molecule has 0 atom stereocenters. The number of carbonyl (C=O) groups is 1. The third kappa shape index (κ3) is 3.06. The molecular formula is C10H8ClNO4. The van der Waals surface area contributed by atoms with Crippen molar-refractivity contribution in [1.29, 1.82) is 0 Å². The van der Waals surface area contributed by atoms with Crippen LogP contribution in [0.15, 0.2) is 29.3 Å². The molecule has 1 aromatic rings. The van der Waals surface area contributed by atoms with Gasteiger partial charge in [-0.2, -0.15) is 0 Å². The predicted molar refractivity (Wildman–Crippen MR) is 58.9 cm³/mol. The van der Waals surface area contributed by atoms with Crippen molar-refractivity contribution >= 4 is 29.3 Å². The molecule has 0 heterocycles. The normalized spacial score (nSPS) is 11.0. The van der Waals surface area contributed by atoms with Gasteiger partial charge in [-0.3, -0.25) is 10.1 Å². The quantitative estimate of drug-likeness (QED) is 0.353. The summed E-state index contributed by atoms with van der Waals surface area (Å²) >= 11 is 5.61. The van der Waals surface area contributed by atoms with Gasteiger partial charge in [-0.1, -0.05) is 23.7 Å². The second kappa shape index (κ2) is 5.27. The summed E-state index contributed by atoms with van der Waals surface area (Å²) in [6.45, 7) is 0. The van der Waals surface area contributed by atoms with E-state index in [2.05, 4.69) is 4.74 Å². The van der Waals surface area contributed by atoms with Crippen LogP contribution >= 0.6 is 11.6 Å². The van der Waals surface area contributed by atoms with Crippen LogP contribution in [0.25, 0.3) is 6.08 Å². The Balaban J connectivity index is 3.02. The van der Waals surface area contributed by atoms with E-state index >= 15 is 0 Å². The van der Waals surface area contributed by atoms with Crippen molar-refractivity contribution in [3.05, 3.63) is 45.0 Å². The molecule has 1 rings (SSSR count). The van der Waals surface area contributed by atoms with Gasteiger partial charge >= 0.3 is 5.97 Å². The number of rotatable bonds is 3. The first-order chi connectivity index (χ1) is 7.54. The van der Waals surface area contributed by atoms with Crippen molar-refractivity contribution in [1.82, 2.24) is 0 Å². The Kier molecular flexibility index (Phi) is 4.02. The monoisotopic (exact) mass is 241 g/mol. The molecule has 0 aliphatic heterocycles. The number of benzene rings is 1. The summed E-state index contributed by atoms with van der Waals surface area (Å²) in [5, 5.41) is 10.4. The van der Waals surface area contributed by atoms with Crippen molar-refractivity contribution in [3.63, 3.8) is 0 Å². The fourth-order valence-corrected chi connectivity index (χ4v) is 1.23. The topological polar surface area (TPSA) is 69.4 Å². The van der Waals surface area contributed by atoms with Crippen LogP contribution in [0.2, 0.25) is 0 Å². The molecule has 0 aromatic heterocycles. The van der Waals surface area contributed by atoms with Crippen molar-refractivity contribution < 1.29 is 14.5 Å². The van der Waals surface area contributed by atoms with Crippen molar-refractivity contribution in [2.75, 3.05) is 7.11 Å². The van der Waals surface area contributed by atoms with E-state index in [0.717, 1.165) is 0 Å². The lowest BCUT2D eigenvalue weighted by Gasteiger charge is -1.97. The maximum absolute atomic E-state index is 11.0. The number of nitro groups is 1. The molecule has 6 heteroatoms. The maximum atomic E-state index is 11.0. The molecule has 0 saturated heterocycles. The first-order valence-corrected chi connectivity index (χ1v) is 4.62. The minimum Gasteiger partial charge on any atom is -0.465 e. The molecule has 0 amide bonds. The number of halogens is 1. The van der Waals surface area contributed by atoms with E-state index in [4.69, 9.17) is 11.6 Å². The van der Waals surface area contributed by atoms with Gasteiger partial charge in [0, 0.05) is 12.1 Å². The Morgan fingerprint density at radius 1 is 1.56 bits per heavy atom. The van der Waals surface area contributed by atoms with Crippen LogP contribution in [0.5, 0.6) is 0 Å². The lowest BCUT2D eigenvalue weighted by molar-refractivity contribution is -0.384. The average molecular weight is 242 g/mol. The number of ether oxygens (including phenoxy) is 1. The van der Waals surface area contributed by atoms with E-state index in [1.165, 1.54) is 31.4 Å². The van der Waals surface area contributed by atoms with E-state index in [9.17, 15) is 14.9 Å². The van der Waals surface area contributed by atoms with E-state index in [1.807, 2.05) is 0 Å². The lowest BCUT2D eigenvalue weighted by atomic mass is 10.2. The molecule has 0 aliphatic carbocycles. The minimum absolute atomic E-state index is 0.0666. The number of nitro benzene ring substituents is 1. The highest BCUT2D eigenvalue weighted by molar-refractivity contribution is 6.43. The fraction of sp³-hybridized carbons (Fsp3) is 0.100. The molecule has 0 spiro atoms. The molecule has 16 heavy (non-hydrogen) atoms. The van der Waals surface area contributed by atoms with Gasteiger partial charge in [-0.05, 0) is 11.6 Å². The molecule has 0 unspecified atom stereocenters. The first-order valence-electron chi connectivity index (χ1n) is 4.24. The van der Waals surface area contributed by atoms with Gasteiger partial charge in [0.1, 0.15) is 5.03 Å². The molecule has 0 fully saturated rings. The summed E-state index contributed by atoms with van der Waals surface area (Å²) in [4.78, 5) is 20.9. The smallest absolute Gasteiger partial charge is 0.349 e. The SMILES string of the molecule is COC(=O)C(Cl)=Cc1cccc([N+](=O)[O-])c1. The van der Waals surface area contributed by atoms with E-state index in [1.54, 1.807) is 6.07 Å². The summed E-state index contributed by atoms with van der Waals surface area (Å²) in [5.74, 6) is -0.687. The summed E-state index contributed by atoms with van der Waals surface area (Å²) in [6.07, 6.45) is 1.31. The maximum Gasteiger partial charge on any atom is 0.349 e. The Hall–Kier alpha value is -1.88. The van der Waals surface area contributed by atoms with Crippen molar-refractivity contribution in [2.24, 2.45) is 0 Å². The number of hydrogen-bond donors (Lipinski definition) is 0. The highest BCUT2D eigenvalue weighted by Gasteiger charge is 2.08. The van der Waals surface area contributed by atoms with Crippen LogP contribution in [-0.4, -0.2) is 18.0 Å². The highest BCUT2D eigenvalue weighted by atomic mass is 35.5. The standard InChI is InChI=1S/C10H8ClNO4/c1-16-10(13)9(11)6-7-3-2-4-8(5-7)12(14)15/h2-6H,1H3. The second-order valence-electron chi connectivity index (χ2n) is 2.84. The summed E-state index contributed by atoms with van der Waals surface area (Å²) in [6, 6.07) is 5.76. The van der Waals surface area contributed by atoms with Crippen LogP contribution in [-0.2, 0) is 9.53 Å². The lowest BCUT2D eigenvalue weighted by Crippen LogP contribution is -1.99. The molecule has 0 N–H and O–H groups in total. The minimum atomic E-state index is -0.687. The number of esters is 1. The zero-order chi connectivity index (χ0) is 12.1. The third-order valence-electron chi connectivity index (χ3n) is 1.75. The van der Waals surface area contributed by atoms with Crippen LogP contribution in [0.4, 0.5) is 5.69 Å². The zero-order valence-electron chi connectivity index (χ0n) is 8.34. The highest BCUT2D eigenvalue weighted by Crippen LogP contribution is 2.17. The van der Waals surface area contributed by atoms with Gasteiger partial charge in [-0.15, -0.1) is 0 Å². The van der Waals surface area contributed by atoms with Crippen LogP contribution < -0.4 is 0 Å². The number of hydrogen-bond acceptors (Lipinski definition) is 4. The fourth-order valence-electron chi connectivity index (χ4n) is 1.03. The van der Waals surface area contributed by atoms with Gasteiger partial charge < -0.3 is 4.74 Å². The van der Waals surface area contributed by atoms with Gasteiger partial charge in [0.25, 0.3) is 5.69 Å².